The summed E-state index contributed by atoms with van der Waals surface area (Å²) in [5, 5.41) is 2.76. The van der Waals surface area contributed by atoms with E-state index in [1.807, 2.05) is 38.6 Å². The Morgan fingerprint density at radius 2 is 1.73 bits per heavy atom. The van der Waals surface area contributed by atoms with Crippen molar-refractivity contribution in [2.45, 2.75) is 13.0 Å². The summed E-state index contributed by atoms with van der Waals surface area (Å²) in [6, 6.07) is 13.6. The smallest absolute Gasteiger partial charge is 0.238 e. The molecule has 1 saturated heterocycles. The molecule has 0 spiro atoms. The molecule has 0 unspecified atom stereocenters. The average Bonchev–Trinajstić information content (AvgIpc) is 3.17. The van der Waals surface area contributed by atoms with Crippen molar-refractivity contribution < 1.29 is 14.0 Å². The molecule has 1 aromatic heterocycles. The molecule has 1 aliphatic heterocycles. The van der Waals surface area contributed by atoms with Gasteiger partial charge < -0.3 is 14.8 Å². The third kappa shape index (κ3) is 4.83. The van der Waals surface area contributed by atoms with Gasteiger partial charge in [-0.3, -0.25) is 14.5 Å². The number of amides is 2. The average molecular weight is 409 g/mol. The van der Waals surface area contributed by atoms with Gasteiger partial charge in [-0.1, -0.05) is 12.1 Å². The minimum absolute atomic E-state index is 0.114. The molecule has 3 aromatic rings. The van der Waals surface area contributed by atoms with Crippen LogP contribution in [0.25, 0.3) is 11.0 Å². The molecule has 4 rings (SSSR count). The van der Waals surface area contributed by atoms with Crippen LogP contribution in [-0.4, -0.2) is 63.9 Å². The van der Waals surface area contributed by atoms with Crippen LogP contribution in [0.1, 0.15) is 6.42 Å². The van der Waals surface area contributed by atoms with E-state index in [2.05, 4.69) is 10.3 Å². The number of imidazole rings is 1. The predicted molar refractivity (Wildman–Crippen MR) is 112 cm³/mol. The molecule has 2 heterocycles. The highest BCUT2D eigenvalue weighted by molar-refractivity contribution is 5.92. The number of nitrogens with zero attached hydrogens (tertiary/aromatic N) is 4. The van der Waals surface area contributed by atoms with Gasteiger partial charge >= 0.3 is 0 Å². The third-order valence-corrected chi connectivity index (χ3v) is 5.31. The van der Waals surface area contributed by atoms with Crippen molar-refractivity contribution >= 4 is 28.5 Å². The molecule has 30 heavy (non-hydrogen) atoms. The lowest BCUT2D eigenvalue weighted by molar-refractivity contribution is -0.133. The summed E-state index contributed by atoms with van der Waals surface area (Å²) in [5.41, 5.74) is 2.53. The lowest BCUT2D eigenvalue weighted by Crippen LogP contribution is -2.50. The number of carbonyl (C=O) groups is 2. The topological polar surface area (TPSA) is 70.5 Å². The van der Waals surface area contributed by atoms with Gasteiger partial charge in [0, 0.05) is 44.8 Å². The molecule has 2 aromatic carbocycles. The summed E-state index contributed by atoms with van der Waals surface area (Å²) < 4.78 is 14.9. The summed E-state index contributed by atoms with van der Waals surface area (Å²) >= 11 is 0. The van der Waals surface area contributed by atoms with Gasteiger partial charge in [0.2, 0.25) is 11.8 Å². The normalized spacial score (nSPS) is 14.8. The second kappa shape index (κ2) is 9.04. The zero-order valence-corrected chi connectivity index (χ0v) is 16.6. The Kier molecular flexibility index (Phi) is 6.04. The lowest BCUT2D eigenvalue weighted by atomic mass is 10.2. The molecule has 8 heteroatoms. The zero-order chi connectivity index (χ0) is 20.9. The van der Waals surface area contributed by atoms with Crippen LogP contribution in [0.3, 0.4) is 0 Å². The van der Waals surface area contributed by atoms with E-state index in [-0.39, 0.29) is 24.2 Å². The zero-order valence-electron chi connectivity index (χ0n) is 16.6. The quantitative estimate of drug-likeness (QED) is 0.679. The first-order chi connectivity index (χ1) is 14.6. The van der Waals surface area contributed by atoms with Crippen LogP contribution >= 0.6 is 0 Å². The third-order valence-electron chi connectivity index (χ3n) is 5.31. The molecular weight excluding hydrogens is 385 g/mol. The summed E-state index contributed by atoms with van der Waals surface area (Å²) in [4.78, 5) is 33.0. The van der Waals surface area contributed by atoms with Crippen molar-refractivity contribution in [2.75, 3.05) is 38.0 Å². The predicted octanol–water partition coefficient (Wildman–Crippen LogP) is 2.35. The van der Waals surface area contributed by atoms with Crippen molar-refractivity contribution in [3.8, 4) is 0 Å². The van der Waals surface area contributed by atoms with E-state index in [0.29, 0.717) is 44.8 Å². The van der Waals surface area contributed by atoms with Crippen LogP contribution in [-0.2, 0) is 16.1 Å². The second-order valence-corrected chi connectivity index (χ2v) is 7.39. The first kappa shape index (κ1) is 20.0. The molecule has 156 valence electrons. The van der Waals surface area contributed by atoms with Gasteiger partial charge in [0.1, 0.15) is 5.82 Å². The van der Waals surface area contributed by atoms with Crippen LogP contribution in [0.15, 0.2) is 54.9 Å². The fourth-order valence-corrected chi connectivity index (χ4v) is 3.65. The van der Waals surface area contributed by atoms with Crippen molar-refractivity contribution in [1.29, 1.82) is 0 Å². The van der Waals surface area contributed by atoms with Crippen molar-refractivity contribution in [3.05, 3.63) is 60.7 Å². The highest BCUT2D eigenvalue weighted by atomic mass is 19.1. The Morgan fingerprint density at radius 3 is 2.50 bits per heavy atom. The van der Waals surface area contributed by atoms with Crippen LogP contribution in [0.4, 0.5) is 10.1 Å². The lowest BCUT2D eigenvalue weighted by Gasteiger charge is -2.34. The number of aromatic nitrogens is 2. The minimum Gasteiger partial charge on any atom is -0.340 e. The number of aryl methyl sites for hydroxylation is 1. The number of para-hydroxylation sites is 2. The number of hydrogen-bond acceptors (Lipinski definition) is 4. The molecule has 0 bridgehead atoms. The molecular formula is C22H24FN5O2. The van der Waals surface area contributed by atoms with Gasteiger partial charge in [-0.05, 0) is 36.4 Å². The number of nitrogens with one attached hydrogen (secondary N) is 1. The first-order valence-corrected chi connectivity index (χ1v) is 10.0. The van der Waals surface area contributed by atoms with Crippen LogP contribution < -0.4 is 5.32 Å². The summed E-state index contributed by atoms with van der Waals surface area (Å²) in [7, 11) is 0. The van der Waals surface area contributed by atoms with Gasteiger partial charge in [-0.25, -0.2) is 9.37 Å². The molecule has 0 radical (unpaired) electrons. The number of anilines is 1. The van der Waals surface area contributed by atoms with Crippen LogP contribution in [0.2, 0.25) is 0 Å². The maximum absolute atomic E-state index is 12.9. The van der Waals surface area contributed by atoms with Gasteiger partial charge in [-0.2, -0.15) is 0 Å². The molecule has 0 aliphatic carbocycles. The van der Waals surface area contributed by atoms with Crippen molar-refractivity contribution in [3.63, 3.8) is 0 Å². The van der Waals surface area contributed by atoms with Gasteiger partial charge in [0.15, 0.2) is 0 Å². The number of benzene rings is 2. The molecule has 0 atom stereocenters. The second-order valence-electron chi connectivity index (χ2n) is 7.39. The van der Waals surface area contributed by atoms with Crippen molar-refractivity contribution in [2.24, 2.45) is 0 Å². The van der Waals surface area contributed by atoms with Gasteiger partial charge in [0.05, 0.1) is 23.9 Å². The number of rotatable bonds is 6. The Balaban J connectivity index is 1.21. The molecule has 1 aliphatic rings. The fourth-order valence-electron chi connectivity index (χ4n) is 3.65. The summed E-state index contributed by atoms with van der Waals surface area (Å²) in [5.74, 6) is -0.369. The maximum Gasteiger partial charge on any atom is 0.238 e. The van der Waals surface area contributed by atoms with Crippen LogP contribution in [0.5, 0.6) is 0 Å². The number of halogens is 1. The largest absolute Gasteiger partial charge is 0.340 e. The standard InChI is InChI=1S/C22H24FN5O2/c23-17-5-7-18(8-6-17)25-21(29)15-26-11-13-27(14-12-26)22(30)9-10-28-16-24-19-3-1-2-4-20(19)28/h1-8,16H,9-15H2,(H,25,29). The minimum atomic E-state index is -0.338. The monoisotopic (exact) mass is 409 g/mol. The molecule has 0 saturated carbocycles. The molecule has 1 N–H and O–H groups in total. The van der Waals surface area contributed by atoms with Gasteiger partial charge in [0.25, 0.3) is 0 Å². The SMILES string of the molecule is O=C(CN1CCN(C(=O)CCn2cnc3ccccc32)CC1)Nc1ccc(F)cc1. The number of piperazine rings is 1. The van der Waals surface area contributed by atoms with Crippen LogP contribution in [0, 0.1) is 5.82 Å². The van der Waals surface area contributed by atoms with E-state index in [9.17, 15) is 14.0 Å². The molecule has 7 nitrogen and oxygen atoms in total. The van der Waals surface area contributed by atoms with Crippen molar-refractivity contribution in [1.82, 2.24) is 19.4 Å². The van der Waals surface area contributed by atoms with E-state index >= 15 is 0 Å². The Labute approximate surface area is 174 Å². The Bertz CT molecular complexity index is 1030. The highest BCUT2D eigenvalue weighted by Gasteiger charge is 2.22. The Hall–Kier alpha value is -3.26. The van der Waals surface area contributed by atoms with E-state index in [1.165, 1.54) is 24.3 Å². The Morgan fingerprint density at radius 1 is 1.00 bits per heavy atom. The maximum atomic E-state index is 12.9. The fraction of sp³-hybridized carbons (Fsp3) is 0.318. The van der Waals surface area contributed by atoms with Gasteiger partial charge in [-0.15, -0.1) is 0 Å². The summed E-state index contributed by atoms with van der Waals surface area (Å²) in [6.07, 6.45) is 2.20. The number of fused-ring (bicyclic) bond motifs is 1. The van der Waals surface area contributed by atoms with E-state index in [1.54, 1.807) is 6.33 Å². The number of carbonyl (C=O) groups excluding carboxylic acids is 2. The van der Waals surface area contributed by atoms with E-state index in [4.69, 9.17) is 0 Å². The first-order valence-electron chi connectivity index (χ1n) is 10.0. The molecule has 2 amide bonds. The molecule has 1 fully saturated rings. The number of hydrogen-bond donors (Lipinski definition) is 1. The highest BCUT2D eigenvalue weighted by Crippen LogP contribution is 2.13. The van der Waals surface area contributed by atoms with E-state index in [0.717, 1.165) is 11.0 Å². The summed E-state index contributed by atoms with van der Waals surface area (Å²) in [6.45, 7) is 3.36. The van der Waals surface area contributed by atoms with E-state index < -0.39 is 0 Å².